The number of nitrogens with zero attached hydrogens (tertiary/aromatic N) is 5. The van der Waals surface area contributed by atoms with Crippen LogP contribution in [0.5, 0.6) is 5.75 Å². The van der Waals surface area contributed by atoms with E-state index in [9.17, 15) is 8.78 Å². The first-order chi connectivity index (χ1) is 14.5. The average molecular weight is 408 g/mol. The summed E-state index contributed by atoms with van der Waals surface area (Å²) in [5, 5.41) is 8.64. The van der Waals surface area contributed by atoms with E-state index in [1.807, 2.05) is 11.6 Å². The van der Waals surface area contributed by atoms with Crippen LogP contribution in [0.2, 0.25) is 0 Å². The minimum atomic E-state index is -0.449. The molecule has 1 aromatic carbocycles. The molecule has 0 saturated heterocycles. The van der Waals surface area contributed by atoms with Crippen molar-refractivity contribution in [3.63, 3.8) is 0 Å². The third-order valence-electron chi connectivity index (χ3n) is 5.20. The summed E-state index contributed by atoms with van der Waals surface area (Å²) < 4.78 is 37.9. The monoisotopic (exact) mass is 408 g/mol. The van der Waals surface area contributed by atoms with Gasteiger partial charge in [0.25, 0.3) is 0 Å². The van der Waals surface area contributed by atoms with Crippen molar-refractivity contribution in [2.75, 3.05) is 5.73 Å². The number of rotatable bonds is 1. The number of aromatic nitrogens is 5. The zero-order chi connectivity index (χ0) is 20.8. The van der Waals surface area contributed by atoms with Crippen molar-refractivity contribution in [2.45, 2.75) is 26.5 Å². The summed E-state index contributed by atoms with van der Waals surface area (Å²) in [6.45, 7) is 2.62. The molecule has 4 heterocycles. The second-order valence-corrected chi connectivity index (χ2v) is 7.03. The van der Waals surface area contributed by atoms with Crippen molar-refractivity contribution in [1.29, 1.82) is 0 Å². The van der Waals surface area contributed by atoms with E-state index in [2.05, 4.69) is 15.2 Å². The molecule has 0 saturated carbocycles. The number of hydrogen-bond acceptors (Lipinski definition) is 5. The standard InChI is InChI=1S/C21H18F2N6O/c1-2-28-20-12(9-26-28)6-18-16(23)10-27-29(18)17-4-3-15(22)5-14(17)11-30-19-7-13(20)8-25-21(19)24/h3-5,7-10H,2,6,11H2,1H3,(H2,24,25). The maximum atomic E-state index is 14.7. The molecule has 7 nitrogen and oxygen atoms in total. The van der Waals surface area contributed by atoms with Crippen LogP contribution in [0.15, 0.2) is 42.9 Å². The highest BCUT2D eigenvalue weighted by atomic mass is 19.1. The van der Waals surface area contributed by atoms with E-state index in [-0.39, 0.29) is 18.8 Å². The van der Waals surface area contributed by atoms with E-state index in [1.165, 1.54) is 16.8 Å². The summed E-state index contributed by atoms with van der Waals surface area (Å²) >= 11 is 0. The maximum Gasteiger partial charge on any atom is 0.166 e. The van der Waals surface area contributed by atoms with E-state index < -0.39 is 11.6 Å². The zero-order valence-corrected chi connectivity index (χ0v) is 16.1. The Bertz CT molecular complexity index is 1260. The van der Waals surface area contributed by atoms with Gasteiger partial charge in [0.15, 0.2) is 17.4 Å². The van der Waals surface area contributed by atoms with Gasteiger partial charge in [0.2, 0.25) is 0 Å². The largest absolute Gasteiger partial charge is 0.485 e. The lowest BCUT2D eigenvalue weighted by atomic mass is 10.0. The molecule has 30 heavy (non-hydrogen) atoms. The van der Waals surface area contributed by atoms with Crippen molar-refractivity contribution in [3.8, 4) is 22.7 Å². The third kappa shape index (κ3) is 2.90. The molecule has 0 aliphatic carbocycles. The van der Waals surface area contributed by atoms with Gasteiger partial charge in [-0.15, -0.1) is 0 Å². The Hall–Kier alpha value is -3.75. The molecule has 2 N–H and O–H groups in total. The zero-order valence-electron chi connectivity index (χ0n) is 16.1. The third-order valence-corrected chi connectivity index (χ3v) is 5.20. The number of pyridine rings is 1. The first kappa shape index (κ1) is 18.3. The topological polar surface area (TPSA) is 83.8 Å². The summed E-state index contributed by atoms with van der Waals surface area (Å²) in [5.74, 6) is -0.270. The quantitative estimate of drug-likeness (QED) is 0.521. The molecule has 5 rings (SSSR count). The second kappa shape index (κ2) is 6.94. The van der Waals surface area contributed by atoms with E-state index in [4.69, 9.17) is 10.5 Å². The van der Waals surface area contributed by atoms with Crippen LogP contribution in [-0.2, 0) is 19.6 Å². The lowest BCUT2D eigenvalue weighted by Gasteiger charge is -2.17. The lowest BCUT2D eigenvalue weighted by molar-refractivity contribution is 0.305. The lowest BCUT2D eigenvalue weighted by Crippen LogP contribution is -2.11. The first-order valence-electron chi connectivity index (χ1n) is 9.49. The van der Waals surface area contributed by atoms with Gasteiger partial charge in [0, 0.05) is 35.9 Å². The maximum absolute atomic E-state index is 14.7. The number of nitrogen functional groups attached to an aromatic ring is 1. The van der Waals surface area contributed by atoms with Gasteiger partial charge in [-0.05, 0) is 31.2 Å². The molecule has 0 fully saturated rings. The van der Waals surface area contributed by atoms with Crippen molar-refractivity contribution < 1.29 is 13.5 Å². The fourth-order valence-electron chi connectivity index (χ4n) is 3.76. The normalized spacial score (nSPS) is 12.8. The highest BCUT2D eigenvalue weighted by Gasteiger charge is 2.22. The van der Waals surface area contributed by atoms with Crippen molar-refractivity contribution in [2.24, 2.45) is 0 Å². The Kier molecular flexibility index (Phi) is 4.23. The van der Waals surface area contributed by atoms with E-state index >= 15 is 0 Å². The molecule has 0 amide bonds. The van der Waals surface area contributed by atoms with Crippen molar-refractivity contribution in [1.82, 2.24) is 24.5 Å². The van der Waals surface area contributed by atoms with Crippen LogP contribution in [0.4, 0.5) is 14.6 Å². The molecule has 0 atom stereocenters. The van der Waals surface area contributed by atoms with Gasteiger partial charge in [-0.2, -0.15) is 10.2 Å². The Morgan fingerprint density at radius 3 is 2.80 bits per heavy atom. The molecule has 1 aliphatic heterocycles. The predicted octanol–water partition coefficient (Wildman–Crippen LogP) is 3.49. The van der Waals surface area contributed by atoms with Crippen LogP contribution >= 0.6 is 0 Å². The smallest absolute Gasteiger partial charge is 0.166 e. The van der Waals surface area contributed by atoms with Gasteiger partial charge in [0.1, 0.15) is 12.4 Å². The van der Waals surface area contributed by atoms with Crippen molar-refractivity contribution in [3.05, 3.63) is 71.3 Å². The molecular weight excluding hydrogens is 390 g/mol. The molecule has 152 valence electrons. The summed E-state index contributed by atoms with van der Waals surface area (Å²) in [4.78, 5) is 4.25. The number of ether oxygens (including phenoxy) is 1. The molecule has 1 aliphatic rings. The first-order valence-corrected chi connectivity index (χ1v) is 9.49. The number of nitrogens with two attached hydrogens (primary N) is 1. The highest BCUT2D eigenvalue weighted by molar-refractivity contribution is 5.67. The fraction of sp³-hybridized carbons (Fsp3) is 0.190. The van der Waals surface area contributed by atoms with Gasteiger partial charge in [-0.25, -0.2) is 18.4 Å². The number of anilines is 1. The van der Waals surface area contributed by atoms with E-state index in [1.54, 1.807) is 24.5 Å². The highest BCUT2D eigenvalue weighted by Crippen LogP contribution is 2.33. The Morgan fingerprint density at radius 2 is 1.97 bits per heavy atom. The molecule has 0 radical (unpaired) electrons. The van der Waals surface area contributed by atoms with Crippen LogP contribution in [0.25, 0.3) is 16.9 Å². The number of hydrogen-bond donors (Lipinski definition) is 1. The second-order valence-electron chi connectivity index (χ2n) is 7.03. The van der Waals surface area contributed by atoms with Crippen LogP contribution in [-0.4, -0.2) is 24.5 Å². The minimum absolute atomic E-state index is 0.0171. The van der Waals surface area contributed by atoms with Crippen LogP contribution in [0.3, 0.4) is 0 Å². The number of benzene rings is 1. The molecule has 0 spiro atoms. The molecule has 2 bridgehead atoms. The minimum Gasteiger partial charge on any atom is -0.485 e. The van der Waals surface area contributed by atoms with Crippen LogP contribution < -0.4 is 10.5 Å². The summed E-state index contributed by atoms with van der Waals surface area (Å²) in [5.41, 5.74) is 9.76. The summed E-state index contributed by atoms with van der Waals surface area (Å²) in [6.07, 6.45) is 4.76. The Morgan fingerprint density at radius 1 is 1.10 bits per heavy atom. The molecule has 4 aromatic rings. The molecule has 9 heteroatoms. The molecule has 3 aromatic heterocycles. The van der Waals surface area contributed by atoms with E-state index in [0.29, 0.717) is 29.2 Å². The summed E-state index contributed by atoms with van der Waals surface area (Å²) in [6, 6.07) is 6.00. The SMILES string of the molecule is CCn1ncc2c1-c1cnc(N)c(c1)OCc1cc(F)ccc1-n1ncc(F)c1C2. The van der Waals surface area contributed by atoms with Gasteiger partial charge in [-0.3, -0.25) is 4.68 Å². The van der Waals surface area contributed by atoms with E-state index in [0.717, 1.165) is 23.0 Å². The number of halogens is 2. The van der Waals surface area contributed by atoms with Gasteiger partial charge in [0.05, 0.1) is 29.5 Å². The number of aryl methyl sites for hydroxylation is 1. The number of fused-ring (bicyclic) bond motifs is 7. The van der Waals surface area contributed by atoms with Gasteiger partial charge in [-0.1, -0.05) is 0 Å². The molecule has 0 unspecified atom stereocenters. The van der Waals surface area contributed by atoms with Gasteiger partial charge < -0.3 is 10.5 Å². The average Bonchev–Trinajstić information content (AvgIpc) is 3.31. The van der Waals surface area contributed by atoms with Gasteiger partial charge >= 0.3 is 0 Å². The predicted molar refractivity (Wildman–Crippen MR) is 106 cm³/mol. The Balaban J connectivity index is 1.79. The van der Waals surface area contributed by atoms with Crippen LogP contribution in [0.1, 0.15) is 23.7 Å². The Labute approximate surface area is 170 Å². The fourth-order valence-corrected chi connectivity index (χ4v) is 3.76. The molecular formula is C21H18F2N6O. The van der Waals surface area contributed by atoms with Crippen molar-refractivity contribution >= 4 is 5.82 Å². The summed E-state index contributed by atoms with van der Waals surface area (Å²) in [7, 11) is 0. The van der Waals surface area contributed by atoms with Crippen LogP contribution in [0, 0.1) is 11.6 Å².